The Kier molecular flexibility index (Phi) is 2.51. The highest BCUT2D eigenvalue weighted by Gasteiger charge is 2.48. The van der Waals surface area contributed by atoms with Crippen LogP contribution in [0.5, 0.6) is 0 Å². The van der Waals surface area contributed by atoms with Crippen molar-refractivity contribution in [2.45, 2.75) is 56.9 Å². The average Bonchev–Trinajstić information content (AvgIpc) is 3.01. The largest absolute Gasteiger partial charge is 0.509 e. The summed E-state index contributed by atoms with van der Waals surface area (Å²) in [5.74, 6) is -0.0890. The van der Waals surface area contributed by atoms with E-state index in [4.69, 9.17) is 0 Å². The van der Waals surface area contributed by atoms with Crippen molar-refractivity contribution < 1.29 is 14.7 Å². The van der Waals surface area contributed by atoms with Gasteiger partial charge < -0.3 is 9.67 Å². The van der Waals surface area contributed by atoms with E-state index in [9.17, 15) is 14.7 Å². The number of rotatable bonds is 2. The van der Waals surface area contributed by atoms with Crippen molar-refractivity contribution >= 4 is 11.6 Å². The fourth-order valence-corrected chi connectivity index (χ4v) is 4.00. The van der Waals surface area contributed by atoms with Gasteiger partial charge in [0.1, 0.15) is 16.9 Å². The molecule has 4 nitrogen and oxygen atoms in total. The molecule has 2 fully saturated rings. The van der Waals surface area contributed by atoms with Gasteiger partial charge in [-0.05, 0) is 50.2 Å². The number of ketones is 2. The van der Waals surface area contributed by atoms with E-state index in [1.54, 1.807) is 0 Å². The van der Waals surface area contributed by atoms with Crippen molar-refractivity contribution in [3.63, 3.8) is 0 Å². The summed E-state index contributed by atoms with van der Waals surface area (Å²) in [7, 11) is 0. The third-order valence-corrected chi connectivity index (χ3v) is 5.27. The summed E-state index contributed by atoms with van der Waals surface area (Å²) in [5, 5.41) is 10.7. The van der Waals surface area contributed by atoms with Gasteiger partial charge in [-0.2, -0.15) is 0 Å². The van der Waals surface area contributed by atoms with Crippen LogP contribution in [0.1, 0.15) is 67.4 Å². The number of hydrogen-bond donors (Lipinski definition) is 1. The van der Waals surface area contributed by atoms with Gasteiger partial charge in [-0.1, -0.05) is 12.8 Å². The average molecular weight is 285 g/mol. The van der Waals surface area contributed by atoms with Gasteiger partial charge in [0, 0.05) is 6.20 Å². The van der Waals surface area contributed by atoms with Crippen LogP contribution in [0.25, 0.3) is 0 Å². The first-order valence-corrected chi connectivity index (χ1v) is 7.77. The molecule has 0 unspecified atom stereocenters. The van der Waals surface area contributed by atoms with Gasteiger partial charge in [0.2, 0.25) is 5.78 Å². The molecule has 3 aliphatic rings. The Labute approximate surface area is 123 Å². The van der Waals surface area contributed by atoms with Crippen LogP contribution in [0, 0.1) is 0 Å². The topological polar surface area (TPSA) is 59.3 Å². The van der Waals surface area contributed by atoms with Gasteiger partial charge in [-0.3, -0.25) is 9.59 Å². The SMILES string of the molecule is CC(=O)C1=C(O)C2(CCCC2)n2cc(C3CC3)cc2C1=O. The van der Waals surface area contributed by atoms with Crippen LogP contribution in [0.2, 0.25) is 0 Å². The lowest BCUT2D eigenvalue weighted by Crippen LogP contribution is -2.41. The predicted octanol–water partition coefficient (Wildman–Crippen LogP) is 3.23. The number of carbonyl (C=O) groups excluding carboxylic acids is 2. The van der Waals surface area contributed by atoms with Gasteiger partial charge >= 0.3 is 0 Å². The quantitative estimate of drug-likeness (QED) is 0.849. The van der Waals surface area contributed by atoms with Gasteiger partial charge in [0.05, 0.1) is 5.69 Å². The molecule has 4 heteroatoms. The second-order valence-electron chi connectivity index (χ2n) is 6.65. The second kappa shape index (κ2) is 4.09. The minimum atomic E-state index is -0.558. The molecule has 1 aliphatic heterocycles. The Morgan fingerprint density at radius 2 is 2.00 bits per heavy atom. The minimum Gasteiger partial charge on any atom is -0.509 e. The first-order valence-electron chi connectivity index (χ1n) is 7.77. The smallest absolute Gasteiger partial charge is 0.216 e. The maximum absolute atomic E-state index is 12.6. The zero-order valence-corrected chi connectivity index (χ0v) is 12.2. The van der Waals surface area contributed by atoms with E-state index < -0.39 is 5.54 Å². The van der Waals surface area contributed by atoms with Gasteiger partial charge in [-0.25, -0.2) is 0 Å². The monoisotopic (exact) mass is 285 g/mol. The zero-order valence-electron chi connectivity index (χ0n) is 12.2. The van der Waals surface area contributed by atoms with E-state index in [1.165, 1.54) is 25.3 Å². The lowest BCUT2D eigenvalue weighted by molar-refractivity contribution is -0.113. The zero-order chi connectivity index (χ0) is 14.8. The molecule has 0 saturated heterocycles. The maximum Gasteiger partial charge on any atom is 0.216 e. The summed E-state index contributed by atoms with van der Waals surface area (Å²) >= 11 is 0. The normalized spacial score (nSPS) is 23.8. The Balaban J connectivity index is 1.95. The fourth-order valence-electron chi connectivity index (χ4n) is 4.00. The molecule has 1 spiro atoms. The number of aromatic nitrogens is 1. The van der Waals surface area contributed by atoms with E-state index in [0.29, 0.717) is 11.6 Å². The number of Topliss-reactive ketones (excluding diaryl/α,β-unsaturated/α-hetero) is 2. The highest BCUT2D eigenvalue weighted by Crippen LogP contribution is 2.49. The van der Waals surface area contributed by atoms with E-state index >= 15 is 0 Å². The molecule has 1 aromatic rings. The van der Waals surface area contributed by atoms with E-state index in [0.717, 1.165) is 25.7 Å². The van der Waals surface area contributed by atoms with Crippen molar-refractivity contribution in [3.05, 3.63) is 34.9 Å². The summed E-state index contributed by atoms with van der Waals surface area (Å²) in [6, 6.07) is 1.94. The molecule has 2 heterocycles. The molecule has 1 N–H and O–H groups in total. The van der Waals surface area contributed by atoms with E-state index in [-0.39, 0.29) is 22.9 Å². The number of aliphatic hydroxyl groups is 1. The van der Waals surface area contributed by atoms with Crippen LogP contribution in [-0.4, -0.2) is 21.2 Å². The minimum absolute atomic E-state index is 0.00273. The first kappa shape index (κ1) is 12.9. The molecule has 1 aromatic heterocycles. The highest BCUT2D eigenvalue weighted by atomic mass is 16.3. The summed E-state index contributed by atoms with van der Waals surface area (Å²) < 4.78 is 1.97. The van der Waals surface area contributed by atoms with Crippen LogP contribution < -0.4 is 0 Å². The summed E-state index contributed by atoms with van der Waals surface area (Å²) in [5.41, 5.74) is 1.21. The Morgan fingerprint density at radius 3 is 2.57 bits per heavy atom. The number of nitrogens with zero attached hydrogens (tertiary/aromatic N) is 1. The van der Waals surface area contributed by atoms with Crippen molar-refractivity contribution in [1.82, 2.24) is 4.57 Å². The van der Waals surface area contributed by atoms with Crippen molar-refractivity contribution in [2.24, 2.45) is 0 Å². The Morgan fingerprint density at radius 1 is 1.33 bits per heavy atom. The molecule has 4 rings (SSSR count). The summed E-state index contributed by atoms with van der Waals surface area (Å²) in [4.78, 5) is 24.5. The lowest BCUT2D eigenvalue weighted by Gasteiger charge is -2.36. The van der Waals surface area contributed by atoms with Gasteiger partial charge in [-0.15, -0.1) is 0 Å². The fraction of sp³-hybridized carbons (Fsp3) is 0.529. The molecule has 0 aromatic carbocycles. The van der Waals surface area contributed by atoms with Crippen LogP contribution in [-0.2, 0) is 10.3 Å². The lowest BCUT2D eigenvalue weighted by atomic mass is 9.84. The number of aliphatic hydroxyl groups excluding tert-OH is 1. The third-order valence-electron chi connectivity index (χ3n) is 5.27. The van der Waals surface area contributed by atoms with Crippen molar-refractivity contribution in [2.75, 3.05) is 0 Å². The van der Waals surface area contributed by atoms with Gasteiger partial charge in [0.25, 0.3) is 0 Å². The summed E-state index contributed by atoms with van der Waals surface area (Å²) in [6.45, 7) is 1.37. The highest BCUT2D eigenvalue weighted by molar-refractivity contribution is 6.26. The van der Waals surface area contributed by atoms with E-state index in [2.05, 4.69) is 0 Å². The standard InChI is InChI=1S/C17H19NO3/c1-10(19)14-15(20)13-8-12(11-4-5-11)9-18(13)17(16(14)21)6-2-3-7-17/h8-9,11,21H,2-7H2,1H3. The molecule has 110 valence electrons. The van der Waals surface area contributed by atoms with Gasteiger partial charge in [0.15, 0.2) is 5.78 Å². The maximum atomic E-state index is 12.6. The summed E-state index contributed by atoms with van der Waals surface area (Å²) in [6.07, 6.45) is 8.01. The Hall–Kier alpha value is -1.84. The second-order valence-corrected chi connectivity index (χ2v) is 6.65. The third kappa shape index (κ3) is 1.62. The molecule has 0 amide bonds. The molecular weight excluding hydrogens is 266 g/mol. The molecule has 0 bridgehead atoms. The number of allylic oxidation sites excluding steroid dienone is 2. The molecule has 0 atom stereocenters. The molecule has 2 aliphatic carbocycles. The van der Waals surface area contributed by atoms with Crippen LogP contribution in [0.4, 0.5) is 0 Å². The van der Waals surface area contributed by atoms with Crippen LogP contribution in [0.3, 0.4) is 0 Å². The predicted molar refractivity (Wildman–Crippen MR) is 77.5 cm³/mol. The first-order chi connectivity index (χ1) is 10.0. The van der Waals surface area contributed by atoms with E-state index in [1.807, 2.05) is 16.8 Å². The van der Waals surface area contributed by atoms with Crippen LogP contribution in [0.15, 0.2) is 23.6 Å². The molecule has 21 heavy (non-hydrogen) atoms. The molecular formula is C17H19NO3. The molecule has 2 saturated carbocycles. The van der Waals surface area contributed by atoms with Crippen molar-refractivity contribution in [3.8, 4) is 0 Å². The number of carbonyl (C=O) groups is 2. The molecule has 0 radical (unpaired) electrons. The van der Waals surface area contributed by atoms with Crippen LogP contribution >= 0.6 is 0 Å². The number of fused-ring (bicyclic) bond motifs is 2. The Bertz CT molecular complexity index is 685. The van der Waals surface area contributed by atoms with Crippen molar-refractivity contribution in [1.29, 1.82) is 0 Å². The number of hydrogen-bond acceptors (Lipinski definition) is 3.